The summed E-state index contributed by atoms with van der Waals surface area (Å²) >= 11 is 0. The third-order valence-corrected chi connectivity index (χ3v) is 6.59. The van der Waals surface area contributed by atoms with Crippen LogP contribution in [0.3, 0.4) is 0 Å². The highest BCUT2D eigenvalue weighted by Crippen LogP contribution is 2.26. The van der Waals surface area contributed by atoms with Crippen molar-refractivity contribution < 1.29 is 24.2 Å². The number of benzene rings is 2. The van der Waals surface area contributed by atoms with Gasteiger partial charge in [0.05, 0.1) is 31.5 Å². The van der Waals surface area contributed by atoms with Crippen molar-refractivity contribution in [3.8, 4) is 5.75 Å². The maximum atomic E-state index is 13.0. The highest BCUT2D eigenvalue weighted by atomic mass is 16.5. The molecule has 2 aromatic rings. The maximum absolute atomic E-state index is 13.0. The van der Waals surface area contributed by atoms with E-state index in [-0.39, 0.29) is 18.4 Å². The van der Waals surface area contributed by atoms with Gasteiger partial charge in [-0.2, -0.15) is 0 Å². The summed E-state index contributed by atoms with van der Waals surface area (Å²) in [6.45, 7) is 6.66. The van der Waals surface area contributed by atoms with Gasteiger partial charge in [-0.15, -0.1) is 0 Å². The van der Waals surface area contributed by atoms with E-state index >= 15 is 0 Å². The second kappa shape index (κ2) is 11.7. The third-order valence-electron chi connectivity index (χ3n) is 6.59. The first kappa shape index (κ1) is 25.2. The molecule has 8 heteroatoms. The summed E-state index contributed by atoms with van der Waals surface area (Å²) in [7, 11) is 0. The van der Waals surface area contributed by atoms with Crippen molar-refractivity contribution in [3.63, 3.8) is 0 Å². The Kier molecular flexibility index (Phi) is 8.38. The standard InChI is InChI=1S/C27H35N3O5/c1-3-35-25-15-23(27(33)30-8-10-34-11-9-30)18(2)12-24(25)26(32)29-17-22(31)16-28-21-13-19-6-4-5-7-20(19)14-21/h4-7,12,15,21-22,28,31H,3,8-11,13-14,16-17H2,1-2H3,(H,29,32)/t22-/m0/s1. The zero-order valence-corrected chi connectivity index (χ0v) is 20.5. The van der Waals surface area contributed by atoms with E-state index in [0.29, 0.717) is 67.9 Å². The third kappa shape index (κ3) is 6.20. The van der Waals surface area contributed by atoms with Crippen LogP contribution in [-0.4, -0.2) is 80.0 Å². The fraction of sp³-hybridized carbons (Fsp3) is 0.481. The van der Waals surface area contributed by atoms with Gasteiger partial charge in [0, 0.05) is 37.8 Å². The number of nitrogens with zero attached hydrogens (tertiary/aromatic N) is 1. The summed E-state index contributed by atoms with van der Waals surface area (Å²) in [6, 6.07) is 12.0. The Bertz CT molecular complexity index is 1030. The van der Waals surface area contributed by atoms with Gasteiger partial charge in [-0.05, 0) is 55.5 Å². The fourth-order valence-electron chi connectivity index (χ4n) is 4.69. The summed E-state index contributed by atoms with van der Waals surface area (Å²) in [5, 5.41) is 16.7. The smallest absolute Gasteiger partial charge is 0.255 e. The Hall–Kier alpha value is -2.94. The fourth-order valence-corrected chi connectivity index (χ4v) is 4.69. The topological polar surface area (TPSA) is 100 Å². The van der Waals surface area contributed by atoms with Crippen molar-refractivity contribution in [2.24, 2.45) is 0 Å². The van der Waals surface area contributed by atoms with Crippen LogP contribution in [-0.2, 0) is 17.6 Å². The molecule has 1 atom stereocenters. The molecule has 4 rings (SSSR count). The molecule has 2 aliphatic rings. The van der Waals surface area contributed by atoms with Crippen LogP contribution >= 0.6 is 0 Å². The molecule has 1 fully saturated rings. The average molecular weight is 482 g/mol. The molecule has 0 unspecified atom stereocenters. The van der Waals surface area contributed by atoms with Crippen molar-refractivity contribution in [1.82, 2.24) is 15.5 Å². The lowest BCUT2D eigenvalue weighted by Crippen LogP contribution is -2.42. The predicted molar refractivity (Wildman–Crippen MR) is 133 cm³/mol. The van der Waals surface area contributed by atoms with Gasteiger partial charge in [-0.25, -0.2) is 0 Å². The van der Waals surface area contributed by atoms with Crippen LogP contribution in [0.1, 0.15) is 44.3 Å². The molecule has 0 saturated carbocycles. The molecule has 3 N–H and O–H groups in total. The van der Waals surface area contributed by atoms with Gasteiger partial charge >= 0.3 is 0 Å². The van der Waals surface area contributed by atoms with Crippen molar-refractivity contribution >= 4 is 11.8 Å². The molecule has 1 aliphatic carbocycles. The number of rotatable bonds is 9. The van der Waals surface area contributed by atoms with Crippen LogP contribution in [0, 0.1) is 6.92 Å². The number of aliphatic hydroxyl groups excluding tert-OH is 1. The number of amides is 2. The number of aryl methyl sites for hydroxylation is 1. The molecule has 1 saturated heterocycles. The summed E-state index contributed by atoms with van der Waals surface area (Å²) in [5.41, 5.74) is 4.28. The van der Waals surface area contributed by atoms with Gasteiger partial charge in [0.25, 0.3) is 11.8 Å². The predicted octanol–water partition coefficient (Wildman–Crippen LogP) is 1.71. The first-order valence-corrected chi connectivity index (χ1v) is 12.4. The number of nitrogens with one attached hydrogen (secondary N) is 2. The van der Waals surface area contributed by atoms with E-state index in [0.717, 1.165) is 12.8 Å². The number of ether oxygens (including phenoxy) is 2. The first-order chi connectivity index (χ1) is 17.0. The van der Waals surface area contributed by atoms with Gasteiger partial charge in [0.2, 0.25) is 0 Å². The van der Waals surface area contributed by atoms with Gasteiger partial charge in [0.1, 0.15) is 5.75 Å². The Morgan fingerprint density at radius 1 is 1.11 bits per heavy atom. The van der Waals surface area contributed by atoms with Crippen LogP contribution in [0.25, 0.3) is 0 Å². The molecule has 1 heterocycles. The molecule has 0 aromatic heterocycles. The number of hydrogen-bond acceptors (Lipinski definition) is 6. The molecule has 2 aromatic carbocycles. The molecule has 0 radical (unpaired) electrons. The molecule has 0 bridgehead atoms. The monoisotopic (exact) mass is 481 g/mol. The van der Waals surface area contributed by atoms with E-state index in [4.69, 9.17) is 9.47 Å². The molecule has 2 amide bonds. The second-order valence-electron chi connectivity index (χ2n) is 9.15. The van der Waals surface area contributed by atoms with Crippen molar-refractivity contribution in [2.45, 2.75) is 38.8 Å². The Labute approximate surface area is 206 Å². The number of carbonyl (C=O) groups excluding carboxylic acids is 2. The Morgan fingerprint density at radius 2 is 1.80 bits per heavy atom. The lowest BCUT2D eigenvalue weighted by atomic mass is 10.0. The maximum Gasteiger partial charge on any atom is 0.255 e. The van der Waals surface area contributed by atoms with Crippen molar-refractivity contribution in [3.05, 3.63) is 64.2 Å². The van der Waals surface area contributed by atoms with E-state index in [2.05, 4.69) is 34.9 Å². The average Bonchev–Trinajstić information content (AvgIpc) is 3.30. The number of fused-ring (bicyclic) bond motifs is 1. The number of hydrogen-bond donors (Lipinski definition) is 3. The summed E-state index contributed by atoms with van der Waals surface area (Å²) in [4.78, 5) is 27.7. The van der Waals surface area contributed by atoms with Gasteiger partial charge in [-0.1, -0.05) is 24.3 Å². The highest BCUT2D eigenvalue weighted by molar-refractivity contribution is 6.01. The van der Waals surface area contributed by atoms with E-state index < -0.39 is 6.10 Å². The lowest BCUT2D eigenvalue weighted by Gasteiger charge is -2.27. The largest absolute Gasteiger partial charge is 0.493 e. The minimum absolute atomic E-state index is 0.0886. The molecule has 188 valence electrons. The van der Waals surface area contributed by atoms with Crippen LogP contribution in [0.5, 0.6) is 5.75 Å². The molecule has 35 heavy (non-hydrogen) atoms. The highest BCUT2D eigenvalue weighted by Gasteiger charge is 2.24. The van der Waals surface area contributed by atoms with E-state index in [1.807, 2.05) is 13.8 Å². The first-order valence-electron chi connectivity index (χ1n) is 12.4. The molecular formula is C27H35N3O5. The Balaban J connectivity index is 1.34. The molecule has 0 spiro atoms. The van der Waals surface area contributed by atoms with Gasteiger partial charge in [0.15, 0.2) is 0 Å². The van der Waals surface area contributed by atoms with Crippen LogP contribution in [0.2, 0.25) is 0 Å². The van der Waals surface area contributed by atoms with Crippen molar-refractivity contribution in [1.29, 1.82) is 0 Å². The molecule has 8 nitrogen and oxygen atoms in total. The number of carbonyl (C=O) groups is 2. The van der Waals surface area contributed by atoms with Crippen LogP contribution < -0.4 is 15.4 Å². The van der Waals surface area contributed by atoms with Gasteiger partial charge in [-0.3, -0.25) is 9.59 Å². The minimum atomic E-state index is -0.721. The summed E-state index contributed by atoms with van der Waals surface area (Å²) < 4.78 is 11.1. The van der Waals surface area contributed by atoms with E-state index in [9.17, 15) is 14.7 Å². The van der Waals surface area contributed by atoms with Crippen LogP contribution in [0.15, 0.2) is 36.4 Å². The summed E-state index contributed by atoms with van der Waals surface area (Å²) in [6.07, 6.45) is 1.17. The second-order valence-corrected chi connectivity index (χ2v) is 9.15. The quantitative estimate of drug-likeness (QED) is 0.504. The zero-order chi connectivity index (χ0) is 24.8. The SMILES string of the molecule is CCOc1cc(C(=O)N2CCOCC2)c(C)cc1C(=O)NC[C@@H](O)CNC1Cc2ccccc2C1. The Morgan fingerprint density at radius 3 is 2.46 bits per heavy atom. The van der Waals surface area contributed by atoms with Crippen molar-refractivity contribution in [2.75, 3.05) is 46.0 Å². The normalized spacial score (nSPS) is 16.6. The molecular weight excluding hydrogens is 446 g/mol. The number of morpholine rings is 1. The lowest BCUT2D eigenvalue weighted by molar-refractivity contribution is 0.0302. The summed E-state index contributed by atoms with van der Waals surface area (Å²) in [5.74, 6) is -0.0629. The van der Waals surface area contributed by atoms with E-state index in [1.165, 1.54) is 11.1 Å². The van der Waals surface area contributed by atoms with E-state index in [1.54, 1.807) is 17.0 Å². The van der Waals surface area contributed by atoms with Crippen LogP contribution in [0.4, 0.5) is 0 Å². The molecule has 1 aliphatic heterocycles. The minimum Gasteiger partial charge on any atom is -0.493 e. The zero-order valence-electron chi connectivity index (χ0n) is 20.5. The van der Waals surface area contributed by atoms with Gasteiger partial charge < -0.3 is 30.1 Å². The number of aliphatic hydroxyl groups is 1.